The van der Waals surface area contributed by atoms with Crippen LogP contribution in [-0.2, 0) is 0 Å². The van der Waals surface area contributed by atoms with E-state index in [1.165, 1.54) is 37.0 Å². The zero-order valence-corrected chi connectivity index (χ0v) is 24.9. The van der Waals surface area contributed by atoms with E-state index in [4.69, 9.17) is 9.97 Å². The van der Waals surface area contributed by atoms with E-state index in [2.05, 4.69) is 143 Å². The molecule has 5 aromatic carbocycles. The van der Waals surface area contributed by atoms with Gasteiger partial charge < -0.3 is 4.90 Å². The molecule has 1 atom stereocenters. The summed E-state index contributed by atoms with van der Waals surface area (Å²) in [7, 11) is 0. The van der Waals surface area contributed by atoms with Gasteiger partial charge in [-0.2, -0.15) is 4.58 Å². The largest absolute Gasteiger partial charge is 0.439 e. The molecule has 0 fully saturated rings. The zero-order chi connectivity index (χ0) is 29.5. The molecule has 5 heteroatoms. The Labute approximate surface area is 264 Å². The van der Waals surface area contributed by atoms with Crippen molar-refractivity contribution >= 4 is 65.8 Å². The van der Waals surface area contributed by atoms with Crippen LogP contribution in [0.4, 0.5) is 23.0 Å². The Bertz CT molecular complexity index is 2380. The van der Waals surface area contributed by atoms with E-state index in [0.29, 0.717) is 5.95 Å². The number of anilines is 2. The molecule has 0 bridgehead atoms. The van der Waals surface area contributed by atoms with Gasteiger partial charge in [0, 0.05) is 42.9 Å². The third-order valence-electron chi connectivity index (χ3n) is 9.14. The normalized spacial score (nSPS) is 16.1. The topological polar surface area (TPSA) is 32.0 Å². The summed E-state index contributed by atoms with van der Waals surface area (Å²) in [6.45, 7) is 0. The van der Waals surface area contributed by atoms with E-state index in [1.807, 2.05) is 23.5 Å². The average molecular weight is 594 g/mol. The Kier molecular flexibility index (Phi) is 5.18. The first-order chi connectivity index (χ1) is 22.3. The third-order valence-corrected chi connectivity index (χ3v) is 10.3. The SMILES string of the molecule is C1=CC2=[N+](c3nc(-c4ccccc4)cc(-c4ccccc4)n3)c3ccccc3N3c4ccc5c(sc6ccccc65)c4C(=C1)C23. The van der Waals surface area contributed by atoms with Crippen molar-refractivity contribution < 1.29 is 0 Å². The van der Waals surface area contributed by atoms with Gasteiger partial charge in [-0.25, -0.2) is 0 Å². The highest BCUT2D eigenvalue weighted by Crippen LogP contribution is 2.55. The first-order valence-electron chi connectivity index (χ1n) is 15.2. The van der Waals surface area contributed by atoms with Gasteiger partial charge in [-0.1, -0.05) is 119 Å². The van der Waals surface area contributed by atoms with Gasteiger partial charge in [0.1, 0.15) is 17.4 Å². The second-order valence-corrected chi connectivity index (χ2v) is 12.7. The summed E-state index contributed by atoms with van der Waals surface area (Å²) in [6.07, 6.45) is 6.74. The molecule has 0 radical (unpaired) electrons. The van der Waals surface area contributed by atoms with Crippen LogP contribution >= 0.6 is 11.3 Å². The van der Waals surface area contributed by atoms with Crippen LogP contribution in [0.5, 0.6) is 0 Å². The molecule has 2 aromatic heterocycles. The van der Waals surface area contributed by atoms with Crippen molar-refractivity contribution in [1.82, 2.24) is 14.5 Å². The first-order valence-corrected chi connectivity index (χ1v) is 16.0. The Hall–Kier alpha value is -5.65. The maximum absolute atomic E-state index is 5.27. The smallest absolute Gasteiger partial charge is 0.323 e. The molecule has 0 saturated carbocycles. The van der Waals surface area contributed by atoms with Crippen molar-refractivity contribution in [1.29, 1.82) is 0 Å². The molecular formula is C40H25N4S+. The highest BCUT2D eigenvalue weighted by Gasteiger charge is 2.47. The molecule has 45 heavy (non-hydrogen) atoms. The fraction of sp³-hybridized carbons (Fsp3) is 0.0250. The van der Waals surface area contributed by atoms with Gasteiger partial charge in [0.25, 0.3) is 0 Å². The summed E-state index contributed by atoms with van der Waals surface area (Å²) < 4.78 is 4.96. The molecule has 0 amide bonds. The molecule has 4 heterocycles. The summed E-state index contributed by atoms with van der Waals surface area (Å²) in [4.78, 5) is 13.1. The standard InChI is InChI=1S/C40H25N4S/c1-3-12-25(13-4-1)30-24-31(26-14-5-2-6-15-26)42-40(41-30)44-33-19-9-8-18-32(33)43-34-23-22-28-27-16-7-10-21-36(27)45-39(28)37(34)29-17-11-20-35(44)38(29)43/h1-24,38H/q+1. The number of fused-ring (bicyclic) bond motifs is 9. The fourth-order valence-electron chi connectivity index (χ4n) is 7.21. The van der Waals surface area contributed by atoms with E-state index in [0.717, 1.165) is 39.6 Å². The Morgan fingerprint density at radius 2 is 1.33 bits per heavy atom. The van der Waals surface area contributed by atoms with Crippen LogP contribution in [0, 0.1) is 0 Å². The maximum atomic E-state index is 5.27. The summed E-state index contributed by atoms with van der Waals surface area (Å²) in [5, 5.41) is 2.64. The third kappa shape index (κ3) is 3.56. The van der Waals surface area contributed by atoms with Crippen LogP contribution in [0.15, 0.2) is 146 Å². The molecule has 0 spiro atoms. The van der Waals surface area contributed by atoms with Crippen LogP contribution in [0.25, 0.3) is 48.3 Å². The molecule has 2 aliphatic heterocycles. The van der Waals surface area contributed by atoms with Crippen LogP contribution < -0.4 is 9.48 Å². The first kappa shape index (κ1) is 24.8. The molecule has 7 aromatic rings. The van der Waals surface area contributed by atoms with Gasteiger partial charge in [0.15, 0.2) is 11.4 Å². The summed E-state index contributed by atoms with van der Waals surface area (Å²) in [5.74, 6) is 0.672. The van der Waals surface area contributed by atoms with Crippen molar-refractivity contribution in [2.45, 2.75) is 6.04 Å². The highest BCUT2D eigenvalue weighted by molar-refractivity contribution is 7.26. The summed E-state index contributed by atoms with van der Waals surface area (Å²) >= 11 is 1.90. The van der Waals surface area contributed by atoms with Crippen molar-refractivity contribution in [3.05, 3.63) is 151 Å². The maximum Gasteiger partial charge on any atom is 0.439 e. The molecule has 0 saturated heterocycles. The Morgan fingerprint density at radius 3 is 2.11 bits per heavy atom. The molecule has 1 aliphatic carbocycles. The van der Waals surface area contributed by atoms with E-state index in [-0.39, 0.29) is 6.04 Å². The number of hydrogen-bond acceptors (Lipinski definition) is 4. The lowest BCUT2D eigenvalue weighted by Gasteiger charge is -2.35. The van der Waals surface area contributed by atoms with E-state index < -0.39 is 0 Å². The van der Waals surface area contributed by atoms with E-state index in [1.54, 1.807) is 0 Å². The second kappa shape index (κ2) is 9.42. The minimum Gasteiger partial charge on any atom is -0.323 e. The van der Waals surface area contributed by atoms with Crippen LogP contribution in [-0.4, -0.2) is 21.7 Å². The van der Waals surface area contributed by atoms with Gasteiger partial charge >= 0.3 is 5.95 Å². The van der Waals surface area contributed by atoms with Gasteiger partial charge in [-0.15, -0.1) is 11.3 Å². The van der Waals surface area contributed by atoms with Gasteiger partial charge in [0.05, 0.1) is 11.4 Å². The second-order valence-electron chi connectivity index (χ2n) is 11.6. The lowest BCUT2D eigenvalue weighted by molar-refractivity contribution is 0.884. The van der Waals surface area contributed by atoms with Gasteiger partial charge in [0.2, 0.25) is 0 Å². The number of thiophene rings is 1. The molecule has 4 nitrogen and oxygen atoms in total. The van der Waals surface area contributed by atoms with E-state index in [9.17, 15) is 0 Å². The van der Waals surface area contributed by atoms with Crippen molar-refractivity contribution in [3.63, 3.8) is 0 Å². The predicted octanol–water partition coefficient (Wildman–Crippen LogP) is 9.94. The highest BCUT2D eigenvalue weighted by atomic mass is 32.1. The quantitative estimate of drug-likeness (QED) is 0.191. The number of nitrogens with zero attached hydrogens (tertiary/aromatic N) is 4. The van der Waals surface area contributed by atoms with Crippen molar-refractivity contribution in [3.8, 4) is 22.5 Å². The molecule has 210 valence electrons. The zero-order valence-electron chi connectivity index (χ0n) is 24.1. The predicted molar refractivity (Wildman–Crippen MR) is 188 cm³/mol. The van der Waals surface area contributed by atoms with Crippen LogP contribution in [0.3, 0.4) is 0 Å². The Morgan fingerprint density at radius 1 is 0.644 bits per heavy atom. The number of para-hydroxylation sites is 2. The molecule has 10 rings (SSSR count). The number of allylic oxidation sites excluding steroid dienone is 2. The minimum absolute atomic E-state index is 0.0138. The van der Waals surface area contributed by atoms with Crippen LogP contribution in [0.2, 0.25) is 0 Å². The average Bonchev–Trinajstić information content (AvgIpc) is 3.66. The lowest BCUT2D eigenvalue weighted by atomic mass is 9.92. The number of aromatic nitrogens is 2. The molecule has 1 unspecified atom stereocenters. The summed E-state index contributed by atoms with van der Waals surface area (Å²) in [5.41, 5.74) is 11.2. The number of benzene rings is 5. The molecule has 0 N–H and O–H groups in total. The van der Waals surface area contributed by atoms with Crippen LogP contribution in [0.1, 0.15) is 5.56 Å². The minimum atomic E-state index is 0.0138. The molecular weight excluding hydrogens is 569 g/mol. The fourth-order valence-corrected chi connectivity index (χ4v) is 8.48. The number of rotatable bonds is 3. The van der Waals surface area contributed by atoms with Crippen molar-refractivity contribution in [2.75, 3.05) is 4.90 Å². The van der Waals surface area contributed by atoms with Gasteiger partial charge in [-0.3, -0.25) is 0 Å². The van der Waals surface area contributed by atoms with Crippen molar-refractivity contribution in [2.24, 2.45) is 0 Å². The Balaban J connectivity index is 1.25. The monoisotopic (exact) mass is 593 g/mol. The summed E-state index contributed by atoms with van der Waals surface area (Å²) in [6, 6.07) is 45.0. The molecule has 3 aliphatic rings. The van der Waals surface area contributed by atoms with E-state index >= 15 is 0 Å². The van der Waals surface area contributed by atoms with Gasteiger partial charge in [-0.05, 0) is 35.9 Å². The number of hydrogen-bond donors (Lipinski definition) is 0. The lowest BCUT2D eigenvalue weighted by Crippen LogP contribution is -2.43.